The lowest BCUT2D eigenvalue weighted by molar-refractivity contribution is -0.137. The van der Waals surface area contributed by atoms with Gasteiger partial charge in [0.25, 0.3) is 0 Å². The Bertz CT molecular complexity index is 788. The van der Waals surface area contributed by atoms with Crippen LogP contribution in [0.2, 0.25) is 0 Å². The molecule has 0 N–H and O–H groups in total. The van der Waals surface area contributed by atoms with E-state index in [-0.39, 0.29) is 12.6 Å². The highest BCUT2D eigenvalue weighted by Gasteiger charge is 2.15. The third-order valence-corrected chi connectivity index (χ3v) is 5.37. The summed E-state index contributed by atoms with van der Waals surface area (Å²) in [5, 5.41) is 3.95. The molecule has 5 heteroatoms. The van der Waals surface area contributed by atoms with Crippen molar-refractivity contribution in [2.24, 2.45) is 0 Å². The largest absolute Gasteiger partial charge is 0.457 e. The lowest BCUT2D eigenvalue weighted by atomic mass is 10.2. The summed E-state index contributed by atoms with van der Waals surface area (Å²) in [6.07, 6.45) is 1.89. The van der Waals surface area contributed by atoms with Crippen molar-refractivity contribution in [3.05, 3.63) is 79.1 Å². The van der Waals surface area contributed by atoms with Crippen LogP contribution in [0.3, 0.4) is 0 Å². The molecule has 0 bridgehead atoms. The predicted octanol–water partition coefficient (Wildman–Crippen LogP) is 5.86. The smallest absolute Gasteiger partial charge is 0.339 e. The van der Waals surface area contributed by atoms with Gasteiger partial charge in [0.05, 0.1) is 5.57 Å². The predicted molar refractivity (Wildman–Crippen MR) is 100 cm³/mol. The molecule has 116 valence electrons. The first-order valence-corrected chi connectivity index (χ1v) is 9.48. The van der Waals surface area contributed by atoms with E-state index in [2.05, 4.69) is 15.9 Å². The topological polar surface area (TPSA) is 26.3 Å². The molecule has 0 saturated heterocycles. The third-order valence-electron chi connectivity index (χ3n) is 3.12. The van der Waals surface area contributed by atoms with Gasteiger partial charge in [-0.3, -0.25) is 0 Å². The molecule has 1 aromatic carbocycles. The molecule has 0 saturated carbocycles. The van der Waals surface area contributed by atoms with E-state index in [1.165, 1.54) is 11.3 Å². The van der Waals surface area contributed by atoms with Crippen LogP contribution in [-0.2, 0) is 16.1 Å². The molecule has 2 nitrogen and oxygen atoms in total. The molecule has 0 amide bonds. The maximum Gasteiger partial charge on any atom is 0.339 e. The molecule has 0 radical (unpaired) electrons. The van der Waals surface area contributed by atoms with E-state index in [9.17, 15) is 4.79 Å². The number of esters is 1. The number of ether oxygens (including phenoxy) is 1. The van der Waals surface area contributed by atoms with Gasteiger partial charge in [0.2, 0.25) is 0 Å². The molecule has 0 atom stereocenters. The highest BCUT2D eigenvalue weighted by Crippen LogP contribution is 2.26. The second kappa shape index (κ2) is 7.73. The van der Waals surface area contributed by atoms with Crippen LogP contribution in [0, 0.1) is 0 Å². The van der Waals surface area contributed by atoms with Gasteiger partial charge >= 0.3 is 5.97 Å². The van der Waals surface area contributed by atoms with E-state index in [1.54, 1.807) is 11.3 Å². The Morgan fingerprint density at radius 3 is 2.43 bits per heavy atom. The summed E-state index contributed by atoms with van der Waals surface area (Å²) >= 11 is 6.53. The minimum Gasteiger partial charge on any atom is -0.457 e. The molecular formula is C18H13BrO2S2. The Hall–Kier alpha value is -1.69. The van der Waals surface area contributed by atoms with E-state index in [0.29, 0.717) is 5.57 Å². The number of halogens is 1. The first-order chi connectivity index (χ1) is 11.2. The molecule has 23 heavy (non-hydrogen) atoms. The normalized spacial score (nSPS) is 11.4. The van der Waals surface area contributed by atoms with Crippen LogP contribution in [-0.4, -0.2) is 5.97 Å². The molecule has 3 aromatic rings. The van der Waals surface area contributed by atoms with Crippen LogP contribution in [0.5, 0.6) is 0 Å². The number of hydrogen-bond acceptors (Lipinski definition) is 4. The lowest BCUT2D eigenvalue weighted by Gasteiger charge is -2.07. The van der Waals surface area contributed by atoms with Crippen LogP contribution < -0.4 is 0 Å². The van der Waals surface area contributed by atoms with Crippen molar-refractivity contribution in [3.8, 4) is 0 Å². The van der Waals surface area contributed by atoms with Crippen LogP contribution >= 0.6 is 38.6 Å². The van der Waals surface area contributed by atoms with Crippen molar-refractivity contribution in [1.29, 1.82) is 0 Å². The molecule has 3 rings (SSSR count). The number of carbonyl (C=O) groups is 1. The Balaban J connectivity index is 1.77. The third kappa shape index (κ3) is 4.41. The highest BCUT2D eigenvalue weighted by atomic mass is 79.9. The summed E-state index contributed by atoms with van der Waals surface area (Å²) in [5.74, 6) is -0.302. The Morgan fingerprint density at radius 1 is 1.04 bits per heavy atom. The number of thiophene rings is 2. The summed E-state index contributed by atoms with van der Waals surface area (Å²) in [7, 11) is 0. The minimum atomic E-state index is -0.302. The van der Waals surface area contributed by atoms with Crippen molar-refractivity contribution in [2.45, 2.75) is 6.61 Å². The zero-order valence-electron chi connectivity index (χ0n) is 12.1. The van der Waals surface area contributed by atoms with Gasteiger partial charge in [0, 0.05) is 14.2 Å². The quantitative estimate of drug-likeness (QED) is 0.393. The Kier molecular flexibility index (Phi) is 5.43. The molecular weight excluding hydrogens is 392 g/mol. The van der Waals surface area contributed by atoms with E-state index >= 15 is 0 Å². The fraction of sp³-hybridized carbons (Fsp3) is 0.0556. The average Bonchev–Trinajstić information content (AvgIpc) is 3.25. The second-order valence-corrected chi connectivity index (χ2v) is 7.60. The van der Waals surface area contributed by atoms with Crippen molar-refractivity contribution in [1.82, 2.24) is 0 Å². The Morgan fingerprint density at radius 2 is 1.78 bits per heavy atom. The molecule has 0 aliphatic rings. The van der Waals surface area contributed by atoms with Gasteiger partial charge in [-0.25, -0.2) is 4.79 Å². The van der Waals surface area contributed by atoms with Gasteiger partial charge in [-0.15, -0.1) is 22.7 Å². The molecule has 0 unspecified atom stereocenters. The van der Waals surface area contributed by atoms with Gasteiger partial charge in [0.15, 0.2) is 0 Å². The van der Waals surface area contributed by atoms with E-state index < -0.39 is 0 Å². The number of benzene rings is 1. The van der Waals surface area contributed by atoms with Crippen molar-refractivity contribution >= 4 is 56.2 Å². The fourth-order valence-corrected chi connectivity index (χ4v) is 3.64. The molecule has 0 fully saturated rings. The zero-order valence-corrected chi connectivity index (χ0v) is 15.3. The van der Waals surface area contributed by atoms with Crippen LogP contribution in [0.15, 0.2) is 63.8 Å². The van der Waals surface area contributed by atoms with Gasteiger partial charge in [-0.2, -0.15) is 0 Å². The summed E-state index contributed by atoms with van der Waals surface area (Å²) in [6.45, 7) is 0.263. The fourth-order valence-electron chi connectivity index (χ4n) is 1.99. The van der Waals surface area contributed by atoms with Gasteiger partial charge in [-0.1, -0.05) is 40.2 Å². The first kappa shape index (κ1) is 16.2. The van der Waals surface area contributed by atoms with Gasteiger partial charge in [0.1, 0.15) is 6.61 Å². The monoisotopic (exact) mass is 404 g/mol. The Labute approximate surface area is 151 Å². The van der Waals surface area contributed by atoms with Gasteiger partial charge < -0.3 is 4.74 Å². The SMILES string of the molecule is O=C(OCc1ccc(Br)cc1)/C(=C\c1cccs1)c1cccs1. The van der Waals surface area contributed by atoms with E-state index in [1.807, 2.05) is 65.4 Å². The highest BCUT2D eigenvalue weighted by molar-refractivity contribution is 9.10. The lowest BCUT2D eigenvalue weighted by Crippen LogP contribution is -2.06. The molecule has 0 aliphatic carbocycles. The molecule has 2 heterocycles. The summed E-state index contributed by atoms with van der Waals surface area (Å²) in [5.41, 5.74) is 1.56. The van der Waals surface area contributed by atoms with E-state index in [0.717, 1.165) is 19.8 Å². The molecule has 0 spiro atoms. The number of hydrogen-bond donors (Lipinski definition) is 0. The number of carbonyl (C=O) groups excluding carboxylic acids is 1. The van der Waals surface area contributed by atoms with Crippen LogP contribution in [0.1, 0.15) is 15.3 Å². The first-order valence-electron chi connectivity index (χ1n) is 6.93. The van der Waals surface area contributed by atoms with Crippen molar-refractivity contribution < 1.29 is 9.53 Å². The van der Waals surface area contributed by atoms with Crippen LogP contribution in [0.4, 0.5) is 0 Å². The second-order valence-electron chi connectivity index (χ2n) is 4.75. The average molecular weight is 405 g/mol. The summed E-state index contributed by atoms with van der Waals surface area (Å²) < 4.78 is 6.50. The summed E-state index contributed by atoms with van der Waals surface area (Å²) in [4.78, 5) is 14.5. The zero-order chi connectivity index (χ0) is 16.1. The maximum absolute atomic E-state index is 12.5. The van der Waals surface area contributed by atoms with Crippen LogP contribution in [0.25, 0.3) is 11.6 Å². The van der Waals surface area contributed by atoms with Crippen molar-refractivity contribution in [3.63, 3.8) is 0 Å². The van der Waals surface area contributed by atoms with Crippen molar-refractivity contribution in [2.75, 3.05) is 0 Å². The minimum absolute atomic E-state index is 0.263. The van der Waals surface area contributed by atoms with Gasteiger partial charge in [-0.05, 0) is 46.7 Å². The summed E-state index contributed by atoms with van der Waals surface area (Å²) in [6, 6.07) is 15.6. The molecule has 0 aliphatic heterocycles. The standard InChI is InChI=1S/C18H13BrO2S2/c19-14-7-5-13(6-8-14)12-21-18(20)16(17-4-2-10-23-17)11-15-3-1-9-22-15/h1-11H,12H2/b16-11-. The number of rotatable bonds is 5. The maximum atomic E-state index is 12.5. The molecule has 2 aromatic heterocycles. The van der Waals surface area contributed by atoms with E-state index in [4.69, 9.17) is 4.74 Å².